The number of hydrogen-bond donors (Lipinski definition) is 1. The van der Waals surface area contributed by atoms with E-state index in [-0.39, 0.29) is 23.7 Å². The fraction of sp³-hybridized carbons (Fsp3) is 0.379. The average molecular weight is 571 g/mol. The Kier molecular flexibility index (Phi) is 8.00. The van der Waals surface area contributed by atoms with Crippen LogP contribution in [0.25, 0.3) is 11.5 Å². The number of oxazole rings is 1. The highest BCUT2D eigenvalue weighted by Gasteiger charge is 2.42. The molecule has 2 amide bonds. The Morgan fingerprint density at radius 3 is 2.29 bits per heavy atom. The van der Waals surface area contributed by atoms with Crippen LogP contribution in [-0.2, 0) is 20.5 Å². The van der Waals surface area contributed by atoms with Crippen molar-refractivity contribution in [3.63, 3.8) is 0 Å². The second kappa shape index (κ2) is 11.6. The van der Waals surface area contributed by atoms with Crippen molar-refractivity contribution in [2.24, 2.45) is 5.92 Å². The maximum atomic E-state index is 13.6. The zero-order valence-electron chi connectivity index (χ0n) is 22.3. The summed E-state index contributed by atoms with van der Waals surface area (Å²) in [5, 5.41) is 2.47. The number of anilines is 2. The van der Waals surface area contributed by atoms with Gasteiger partial charge in [-0.15, -0.1) is 0 Å². The Morgan fingerprint density at radius 2 is 1.66 bits per heavy atom. The molecule has 2 aromatic carbocycles. The second-order valence-electron chi connectivity index (χ2n) is 10.0. The van der Waals surface area contributed by atoms with Crippen LogP contribution in [0.15, 0.2) is 59.0 Å². The van der Waals surface area contributed by atoms with Crippen LogP contribution < -0.4 is 10.2 Å². The standard InChI is InChI=1S/C29H29F3N4O5/c1-40-28(39)22-8-5-15-36(22)27(38)19-13-16-35(17-14-19)21-11-9-20(10-12-21)33-25(37)23-24(29(30,31)32)41-26(34-23)18-6-3-2-4-7-18/h2-4,6-7,9-12,19,22H,5,8,13-17H2,1H3,(H,33,37)/t22-/m0/s1. The van der Waals surface area contributed by atoms with Crippen molar-refractivity contribution in [1.29, 1.82) is 0 Å². The van der Waals surface area contributed by atoms with Gasteiger partial charge in [0.05, 0.1) is 7.11 Å². The van der Waals surface area contributed by atoms with Crippen molar-refractivity contribution in [2.75, 3.05) is 37.0 Å². The SMILES string of the molecule is COC(=O)[C@@H]1CCCN1C(=O)C1CCN(c2ccc(NC(=O)c3nc(-c4ccccc4)oc3C(F)(F)F)cc2)CC1. The van der Waals surface area contributed by atoms with Gasteiger partial charge in [0.2, 0.25) is 17.6 Å². The predicted octanol–water partition coefficient (Wildman–Crippen LogP) is 4.99. The number of amides is 2. The molecule has 3 heterocycles. The van der Waals surface area contributed by atoms with E-state index in [2.05, 4.69) is 15.2 Å². The Hall–Kier alpha value is -4.35. The molecule has 0 unspecified atom stereocenters. The number of alkyl halides is 3. The lowest BCUT2D eigenvalue weighted by Crippen LogP contribution is -2.47. The molecule has 12 heteroatoms. The number of methoxy groups -OCH3 is 1. The van der Waals surface area contributed by atoms with E-state index < -0.39 is 29.6 Å². The van der Waals surface area contributed by atoms with Gasteiger partial charge in [-0.25, -0.2) is 9.78 Å². The Labute approximate surface area is 234 Å². The second-order valence-corrected chi connectivity index (χ2v) is 10.0. The van der Waals surface area contributed by atoms with Gasteiger partial charge in [-0.2, -0.15) is 13.2 Å². The van der Waals surface area contributed by atoms with Gasteiger partial charge in [-0.1, -0.05) is 18.2 Å². The molecule has 2 fully saturated rings. The topological polar surface area (TPSA) is 105 Å². The van der Waals surface area contributed by atoms with E-state index in [1.165, 1.54) is 19.2 Å². The monoisotopic (exact) mass is 570 g/mol. The highest BCUT2D eigenvalue weighted by Crippen LogP contribution is 2.36. The Bertz CT molecular complexity index is 1400. The summed E-state index contributed by atoms with van der Waals surface area (Å²) in [7, 11) is 1.33. The molecule has 0 saturated carbocycles. The molecular formula is C29H29F3N4O5. The minimum Gasteiger partial charge on any atom is -0.467 e. The van der Waals surface area contributed by atoms with Crippen LogP contribution in [0.1, 0.15) is 41.9 Å². The lowest BCUT2D eigenvalue weighted by Gasteiger charge is -2.35. The maximum absolute atomic E-state index is 13.6. The van der Waals surface area contributed by atoms with Gasteiger partial charge in [0.25, 0.3) is 5.91 Å². The first-order valence-electron chi connectivity index (χ1n) is 13.3. The van der Waals surface area contributed by atoms with E-state index in [4.69, 9.17) is 9.15 Å². The normalized spacial score (nSPS) is 17.9. The number of likely N-dealkylation sites (tertiary alicyclic amines) is 1. The summed E-state index contributed by atoms with van der Waals surface area (Å²) in [6, 6.07) is 14.2. The summed E-state index contributed by atoms with van der Waals surface area (Å²) < 4.78 is 50.6. The molecule has 41 heavy (non-hydrogen) atoms. The zero-order valence-corrected chi connectivity index (χ0v) is 22.3. The van der Waals surface area contributed by atoms with Crippen LogP contribution in [0.2, 0.25) is 0 Å². The number of rotatable bonds is 6. The van der Waals surface area contributed by atoms with Crippen LogP contribution in [0.5, 0.6) is 0 Å². The molecule has 0 aliphatic carbocycles. The fourth-order valence-electron chi connectivity index (χ4n) is 5.35. The van der Waals surface area contributed by atoms with E-state index in [0.717, 1.165) is 12.1 Å². The molecule has 3 aromatic rings. The molecule has 1 N–H and O–H groups in total. The number of carbonyl (C=O) groups is 3. The number of piperidine rings is 1. The smallest absolute Gasteiger partial charge is 0.452 e. The number of hydrogen-bond acceptors (Lipinski definition) is 7. The van der Waals surface area contributed by atoms with Gasteiger partial charge < -0.3 is 24.3 Å². The summed E-state index contributed by atoms with van der Waals surface area (Å²) in [4.78, 5) is 45.5. The number of ether oxygens (including phenoxy) is 1. The minimum atomic E-state index is -4.90. The van der Waals surface area contributed by atoms with Gasteiger partial charge in [0, 0.05) is 42.5 Å². The van der Waals surface area contributed by atoms with E-state index in [9.17, 15) is 27.6 Å². The summed E-state index contributed by atoms with van der Waals surface area (Å²) in [6.07, 6.45) is -2.27. The van der Waals surface area contributed by atoms with Crippen LogP contribution >= 0.6 is 0 Å². The number of benzene rings is 2. The third-order valence-electron chi connectivity index (χ3n) is 7.46. The van der Waals surface area contributed by atoms with Crippen molar-refractivity contribution >= 4 is 29.2 Å². The quantitative estimate of drug-likeness (QED) is 0.416. The first kappa shape index (κ1) is 28.2. The molecule has 2 aliphatic rings. The maximum Gasteiger partial charge on any atom is 0.452 e. The first-order chi connectivity index (χ1) is 19.7. The molecule has 2 saturated heterocycles. The summed E-state index contributed by atoms with van der Waals surface area (Å²) in [5.41, 5.74) is 0.616. The highest BCUT2D eigenvalue weighted by molar-refractivity contribution is 6.04. The number of halogens is 3. The van der Waals surface area contributed by atoms with Gasteiger partial charge >= 0.3 is 12.1 Å². The van der Waals surface area contributed by atoms with Crippen LogP contribution in [0.3, 0.4) is 0 Å². The van der Waals surface area contributed by atoms with Crippen LogP contribution in [0, 0.1) is 5.92 Å². The molecule has 0 spiro atoms. The third-order valence-corrected chi connectivity index (χ3v) is 7.46. The summed E-state index contributed by atoms with van der Waals surface area (Å²) in [6.45, 7) is 1.79. The van der Waals surface area contributed by atoms with Crippen molar-refractivity contribution in [3.8, 4) is 11.5 Å². The lowest BCUT2D eigenvalue weighted by atomic mass is 9.94. The molecule has 216 valence electrons. The van der Waals surface area contributed by atoms with Crippen molar-refractivity contribution in [3.05, 3.63) is 66.1 Å². The van der Waals surface area contributed by atoms with Crippen molar-refractivity contribution < 1.29 is 36.7 Å². The minimum absolute atomic E-state index is 0.0166. The molecule has 1 aromatic heterocycles. The van der Waals surface area contributed by atoms with E-state index in [1.54, 1.807) is 47.4 Å². The molecule has 0 radical (unpaired) electrons. The van der Waals surface area contributed by atoms with E-state index >= 15 is 0 Å². The van der Waals surface area contributed by atoms with Gasteiger partial charge in [0.1, 0.15) is 6.04 Å². The third kappa shape index (κ3) is 6.06. The molecular weight excluding hydrogens is 541 g/mol. The zero-order chi connectivity index (χ0) is 29.1. The summed E-state index contributed by atoms with van der Waals surface area (Å²) >= 11 is 0. The first-order valence-corrected chi connectivity index (χ1v) is 13.3. The number of nitrogens with one attached hydrogen (secondary N) is 1. The average Bonchev–Trinajstić information content (AvgIpc) is 3.66. The van der Waals surface area contributed by atoms with Gasteiger partial charge in [0.15, 0.2) is 5.69 Å². The molecule has 2 aliphatic heterocycles. The number of nitrogens with zero attached hydrogens (tertiary/aromatic N) is 3. The number of esters is 1. The van der Waals surface area contributed by atoms with Crippen molar-refractivity contribution in [1.82, 2.24) is 9.88 Å². The fourth-order valence-corrected chi connectivity index (χ4v) is 5.35. The molecule has 5 rings (SSSR count). The highest BCUT2D eigenvalue weighted by atomic mass is 19.4. The predicted molar refractivity (Wildman–Crippen MR) is 143 cm³/mol. The van der Waals surface area contributed by atoms with Crippen LogP contribution in [-0.4, -0.2) is 60.5 Å². The van der Waals surface area contributed by atoms with Gasteiger partial charge in [-0.05, 0) is 62.1 Å². The number of aromatic nitrogens is 1. The largest absolute Gasteiger partial charge is 0.467 e. The molecule has 9 nitrogen and oxygen atoms in total. The number of carbonyl (C=O) groups excluding carboxylic acids is 3. The molecule has 1 atom stereocenters. The Morgan fingerprint density at radius 1 is 0.976 bits per heavy atom. The lowest BCUT2D eigenvalue weighted by molar-refractivity contribution is -0.153. The van der Waals surface area contributed by atoms with Gasteiger partial charge in [-0.3, -0.25) is 9.59 Å². The van der Waals surface area contributed by atoms with E-state index in [0.29, 0.717) is 50.1 Å². The van der Waals surface area contributed by atoms with Crippen molar-refractivity contribution in [2.45, 2.75) is 37.9 Å². The molecule has 0 bridgehead atoms. The van der Waals surface area contributed by atoms with E-state index in [1.807, 2.05) is 0 Å². The Balaban J connectivity index is 1.21. The summed E-state index contributed by atoms with van der Waals surface area (Å²) in [5.74, 6) is -3.38. The van der Waals surface area contributed by atoms with Crippen LogP contribution in [0.4, 0.5) is 24.5 Å².